The zero-order valence-corrected chi connectivity index (χ0v) is 40.3. The third-order valence-corrected chi connectivity index (χ3v) is 13.0. The number of aromatic amines is 1. The van der Waals surface area contributed by atoms with Crippen LogP contribution in [0.2, 0.25) is 0 Å². The van der Waals surface area contributed by atoms with Crippen LogP contribution in [0.3, 0.4) is 0 Å². The summed E-state index contributed by atoms with van der Waals surface area (Å²) in [6, 6.07) is 22.4. The number of pyridine rings is 1. The predicted octanol–water partition coefficient (Wildman–Crippen LogP) is 7.06. The Labute approximate surface area is 410 Å². The maximum atomic E-state index is 14.1. The van der Waals surface area contributed by atoms with Crippen LogP contribution in [0.4, 0.5) is 21.7 Å². The monoisotopic (exact) mass is 962 g/mol. The molecule has 0 saturated carbocycles. The Morgan fingerprint density at radius 2 is 1.76 bits per heavy atom. The predicted molar refractivity (Wildman–Crippen MR) is 269 cm³/mol. The number of fused-ring (bicyclic) bond motifs is 2. The number of ether oxygens (including phenoxy) is 1. The third kappa shape index (κ3) is 11.1. The van der Waals surface area contributed by atoms with Gasteiger partial charge in [-0.25, -0.2) is 14.2 Å². The summed E-state index contributed by atoms with van der Waals surface area (Å²) in [7, 11) is 0. The highest BCUT2D eigenvalue weighted by atomic mass is 19.1. The van der Waals surface area contributed by atoms with Crippen molar-refractivity contribution in [3.05, 3.63) is 170 Å². The van der Waals surface area contributed by atoms with E-state index in [1.165, 1.54) is 29.2 Å². The van der Waals surface area contributed by atoms with Crippen molar-refractivity contribution in [2.45, 2.75) is 85.1 Å². The number of aryl methyl sites for hydroxylation is 1. The third-order valence-electron chi connectivity index (χ3n) is 13.0. The number of aromatic nitrogens is 7. The van der Waals surface area contributed by atoms with E-state index in [9.17, 15) is 23.6 Å². The van der Waals surface area contributed by atoms with Crippen molar-refractivity contribution in [2.24, 2.45) is 0 Å². The van der Waals surface area contributed by atoms with Crippen LogP contribution in [0.25, 0.3) is 5.65 Å². The van der Waals surface area contributed by atoms with Gasteiger partial charge in [-0.15, -0.1) is 0 Å². The largest absolute Gasteiger partial charge is 0.463 e. The number of carbonyl (C=O) groups excluding carboxylic acids is 3. The summed E-state index contributed by atoms with van der Waals surface area (Å²) >= 11 is 0. The molecular formula is C53H59FN12O5. The molecule has 1 saturated heterocycles. The molecule has 17 nitrogen and oxygen atoms in total. The lowest BCUT2D eigenvalue weighted by Crippen LogP contribution is -2.38. The summed E-state index contributed by atoms with van der Waals surface area (Å²) in [5, 5.41) is 19.3. The van der Waals surface area contributed by atoms with Crippen LogP contribution >= 0.6 is 0 Å². The summed E-state index contributed by atoms with van der Waals surface area (Å²) in [5.74, 6) is 0.112. The van der Waals surface area contributed by atoms with E-state index in [0.29, 0.717) is 48.7 Å². The van der Waals surface area contributed by atoms with Gasteiger partial charge in [0.2, 0.25) is 0 Å². The number of nitrogens with one attached hydrogen (secondary N) is 4. The smallest absolute Gasteiger partial charge is 0.335 e. The van der Waals surface area contributed by atoms with Crippen molar-refractivity contribution in [3.8, 4) is 0 Å². The first-order valence-corrected chi connectivity index (χ1v) is 24.3. The molecule has 9 rings (SSSR count). The summed E-state index contributed by atoms with van der Waals surface area (Å²) in [6.45, 7) is 9.96. The van der Waals surface area contributed by atoms with Gasteiger partial charge in [0, 0.05) is 92.2 Å². The SMILES string of the molecule is CCOC(=O)/C(=C/CNCc1cccc(NC(=O)c2nn(Cc3ccc(F)cc3)c3c2CN(C(=O)c2ccc[nH]2)CC3C)c1)Cn1cc(CNc2cc(N3CCCCC3)nc3c(CC)cnn23)ccc1=O. The van der Waals surface area contributed by atoms with Crippen molar-refractivity contribution in [3.63, 3.8) is 0 Å². The fraction of sp³-hybridized carbons (Fsp3) is 0.340. The number of H-pyrrole nitrogens is 1. The van der Waals surface area contributed by atoms with Gasteiger partial charge >= 0.3 is 5.97 Å². The Morgan fingerprint density at radius 1 is 0.944 bits per heavy atom. The fourth-order valence-electron chi connectivity index (χ4n) is 9.38. The Kier molecular flexibility index (Phi) is 14.8. The lowest BCUT2D eigenvalue weighted by Gasteiger charge is -2.32. The normalized spacial score (nSPS) is 14.9. The molecule has 368 valence electrons. The number of hydrogen-bond donors (Lipinski definition) is 4. The highest BCUT2D eigenvalue weighted by Crippen LogP contribution is 2.33. The first-order chi connectivity index (χ1) is 34.5. The van der Waals surface area contributed by atoms with Crippen molar-refractivity contribution < 1.29 is 23.5 Å². The zero-order chi connectivity index (χ0) is 49.4. The lowest BCUT2D eigenvalue weighted by molar-refractivity contribution is -0.138. The summed E-state index contributed by atoms with van der Waals surface area (Å²) in [4.78, 5) is 66.2. The van der Waals surface area contributed by atoms with Gasteiger partial charge in [0.05, 0.1) is 38.0 Å². The van der Waals surface area contributed by atoms with Crippen molar-refractivity contribution >= 4 is 40.8 Å². The van der Waals surface area contributed by atoms with E-state index in [0.717, 1.165) is 77.6 Å². The molecule has 1 atom stereocenters. The topological polar surface area (TPSA) is 189 Å². The fourth-order valence-corrected chi connectivity index (χ4v) is 9.38. The first-order valence-electron chi connectivity index (χ1n) is 24.3. The van der Waals surface area contributed by atoms with Gasteiger partial charge in [0.15, 0.2) is 11.3 Å². The molecule has 0 spiro atoms. The highest BCUT2D eigenvalue weighted by Gasteiger charge is 2.35. The second kappa shape index (κ2) is 21.8. The number of esters is 1. The standard InChI is InChI=1S/C53H59FN12O5/c1-4-39-29-58-66-45(26-46(60-50(39)66)62-23-7-6-8-24-62)57-28-38-16-19-47(67)63(31-38)33-40(53(70)71-5-2)20-22-55-27-37-11-9-12-42(25-37)59-51(68)48-43-34-64(52(69)44-13-10-21-56-44)30-35(3)49(43)65(61-48)32-36-14-17-41(54)18-15-36/h9-21,25-26,29,31,35,55-57H,4-8,22-24,27-28,30,32-34H2,1-3H3,(H,59,68)/b40-20+. The van der Waals surface area contributed by atoms with E-state index in [4.69, 9.17) is 14.8 Å². The first kappa shape index (κ1) is 48.2. The second-order valence-electron chi connectivity index (χ2n) is 18.1. The average molecular weight is 963 g/mol. The minimum atomic E-state index is -0.516. The highest BCUT2D eigenvalue weighted by molar-refractivity contribution is 6.04. The second-order valence-corrected chi connectivity index (χ2v) is 18.1. The van der Waals surface area contributed by atoms with Gasteiger partial charge in [-0.1, -0.05) is 50.3 Å². The number of halogens is 1. The summed E-state index contributed by atoms with van der Waals surface area (Å²) < 4.78 is 24.3. The molecule has 4 N–H and O–H groups in total. The Balaban J connectivity index is 0.866. The van der Waals surface area contributed by atoms with Gasteiger partial charge in [0.25, 0.3) is 17.4 Å². The number of hydrogen-bond acceptors (Lipinski definition) is 11. The molecule has 2 amide bonds. The van der Waals surface area contributed by atoms with Gasteiger partial charge in [-0.3, -0.25) is 19.1 Å². The van der Waals surface area contributed by atoms with Crippen molar-refractivity contribution in [2.75, 3.05) is 48.3 Å². The minimum Gasteiger partial charge on any atom is -0.463 e. The van der Waals surface area contributed by atoms with Crippen LogP contribution in [-0.4, -0.2) is 89.4 Å². The molecule has 0 radical (unpaired) electrons. The number of piperidine rings is 1. The number of nitrogens with zero attached hydrogens (tertiary/aromatic N) is 8. The lowest BCUT2D eigenvalue weighted by atomic mass is 9.95. The van der Waals surface area contributed by atoms with Crippen LogP contribution in [0.1, 0.15) is 100 Å². The van der Waals surface area contributed by atoms with Crippen LogP contribution in [0, 0.1) is 5.82 Å². The van der Waals surface area contributed by atoms with E-state index in [1.807, 2.05) is 41.9 Å². The molecule has 71 heavy (non-hydrogen) atoms. The maximum absolute atomic E-state index is 14.1. The minimum absolute atomic E-state index is 0.00630. The molecule has 1 unspecified atom stereocenters. The van der Waals surface area contributed by atoms with E-state index in [-0.39, 0.29) is 55.1 Å². The number of carbonyl (C=O) groups is 3. The molecule has 2 aromatic carbocycles. The quantitative estimate of drug-likeness (QED) is 0.0392. The molecule has 0 bridgehead atoms. The van der Waals surface area contributed by atoms with Gasteiger partial charge in [-0.2, -0.15) is 14.7 Å². The molecular weight excluding hydrogens is 904 g/mol. The molecule has 2 aliphatic heterocycles. The van der Waals surface area contributed by atoms with E-state index >= 15 is 0 Å². The van der Waals surface area contributed by atoms with E-state index in [1.54, 1.807) is 71.4 Å². The summed E-state index contributed by atoms with van der Waals surface area (Å²) in [6.07, 6.45) is 11.3. The zero-order valence-electron chi connectivity index (χ0n) is 40.3. The molecule has 5 aromatic heterocycles. The van der Waals surface area contributed by atoms with Crippen LogP contribution in [-0.2, 0) is 48.7 Å². The van der Waals surface area contributed by atoms with Crippen LogP contribution in [0.5, 0.6) is 0 Å². The number of benzene rings is 2. The molecule has 7 heterocycles. The van der Waals surface area contributed by atoms with E-state index < -0.39 is 11.9 Å². The van der Waals surface area contributed by atoms with Crippen molar-refractivity contribution in [1.29, 1.82) is 0 Å². The van der Waals surface area contributed by atoms with Gasteiger partial charge in [-0.05, 0) is 85.7 Å². The molecule has 1 fully saturated rings. The molecule has 18 heteroatoms. The average Bonchev–Trinajstić information content (AvgIpc) is 4.16. The number of rotatable bonds is 18. The van der Waals surface area contributed by atoms with Crippen molar-refractivity contribution in [1.82, 2.24) is 44.1 Å². The summed E-state index contributed by atoms with van der Waals surface area (Å²) in [5.41, 5.74) is 7.19. The van der Waals surface area contributed by atoms with Gasteiger partial charge in [0.1, 0.15) is 23.1 Å². The Hall–Kier alpha value is -7.86. The van der Waals surface area contributed by atoms with E-state index in [2.05, 4.69) is 37.9 Å². The Morgan fingerprint density at radius 3 is 2.54 bits per heavy atom. The van der Waals surface area contributed by atoms with Gasteiger partial charge < -0.3 is 40.0 Å². The van der Waals surface area contributed by atoms with Crippen LogP contribution in [0.15, 0.2) is 114 Å². The number of anilines is 3. The Bertz CT molecular complexity index is 3110. The van der Waals surface area contributed by atoms with Crippen LogP contribution < -0.4 is 26.4 Å². The maximum Gasteiger partial charge on any atom is 0.335 e. The molecule has 0 aliphatic carbocycles. The molecule has 7 aromatic rings. The number of amides is 2. The molecule has 2 aliphatic rings.